The first-order chi connectivity index (χ1) is 12.5. The molecule has 0 aliphatic carbocycles. The van der Waals surface area contributed by atoms with Crippen LogP contribution in [0.5, 0.6) is 0 Å². The maximum atomic E-state index is 6.22. The quantitative estimate of drug-likeness (QED) is 0.662. The van der Waals surface area contributed by atoms with E-state index < -0.39 is 0 Å². The molecule has 0 fully saturated rings. The van der Waals surface area contributed by atoms with E-state index in [4.69, 9.17) is 20.2 Å². The number of fused-ring (bicyclic) bond motifs is 3. The fraction of sp³-hybridized carbons (Fsp3) is 0.500. The van der Waals surface area contributed by atoms with Crippen LogP contribution in [-0.4, -0.2) is 33.3 Å². The van der Waals surface area contributed by atoms with E-state index in [1.165, 1.54) is 0 Å². The average Bonchev–Trinajstić information content (AvgIpc) is 2.97. The van der Waals surface area contributed by atoms with Crippen LogP contribution in [0, 0.1) is 0 Å². The van der Waals surface area contributed by atoms with Gasteiger partial charge in [-0.05, 0) is 33.3 Å². The van der Waals surface area contributed by atoms with Crippen LogP contribution in [0.15, 0.2) is 24.3 Å². The monoisotopic (exact) mass is 356 g/mol. The Hall–Kier alpha value is -2.18. The number of pyridine rings is 1. The first-order valence-corrected chi connectivity index (χ1v) is 9.22. The summed E-state index contributed by atoms with van der Waals surface area (Å²) in [5.41, 5.74) is 8.48. The van der Waals surface area contributed by atoms with Gasteiger partial charge in [-0.15, -0.1) is 0 Å². The maximum absolute atomic E-state index is 6.22. The summed E-state index contributed by atoms with van der Waals surface area (Å²) in [6, 6.07) is 8.02. The lowest BCUT2D eigenvalue weighted by atomic mass is 10.1. The molecule has 3 rings (SSSR count). The van der Waals surface area contributed by atoms with Crippen molar-refractivity contribution in [3.05, 3.63) is 30.1 Å². The smallest absolute Gasteiger partial charge is 0.152 e. The van der Waals surface area contributed by atoms with Crippen molar-refractivity contribution < 1.29 is 9.47 Å². The minimum atomic E-state index is -0.330. The third kappa shape index (κ3) is 3.66. The van der Waals surface area contributed by atoms with Gasteiger partial charge in [0, 0.05) is 18.6 Å². The Morgan fingerprint density at radius 1 is 1.15 bits per heavy atom. The molecule has 0 aliphatic rings. The van der Waals surface area contributed by atoms with Crippen molar-refractivity contribution in [1.29, 1.82) is 0 Å². The molecule has 2 heterocycles. The molecule has 0 unspecified atom stereocenters. The van der Waals surface area contributed by atoms with Crippen molar-refractivity contribution in [2.45, 2.75) is 52.9 Å². The van der Waals surface area contributed by atoms with E-state index in [-0.39, 0.29) is 5.60 Å². The van der Waals surface area contributed by atoms with Gasteiger partial charge in [0.25, 0.3) is 0 Å². The van der Waals surface area contributed by atoms with E-state index in [1.54, 1.807) is 0 Å². The summed E-state index contributed by atoms with van der Waals surface area (Å²) in [5.74, 6) is 1.29. The van der Waals surface area contributed by atoms with Crippen LogP contribution in [0.2, 0.25) is 0 Å². The zero-order valence-electron chi connectivity index (χ0n) is 16.1. The highest BCUT2D eigenvalue weighted by Gasteiger charge is 2.24. The summed E-state index contributed by atoms with van der Waals surface area (Å²) in [5, 5.41) is 1.04. The molecule has 3 aromatic rings. The maximum Gasteiger partial charge on any atom is 0.152 e. The van der Waals surface area contributed by atoms with Gasteiger partial charge in [0.05, 0.1) is 23.2 Å². The number of aromatic nitrogens is 3. The van der Waals surface area contributed by atoms with Gasteiger partial charge in [-0.2, -0.15) is 0 Å². The molecular weight excluding hydrogens is 328 g/mol. The highest BCUT2D eigenvalue weighted by molar-refractivity contribution is 6.06. The lowest BCUT2D eigenvalue weighted by molar-refractivity contribution is -0.0296. The van der Waals surface area contributed by atoms with Crippen molar-refractivity contribution in [2.24, 2.45) is 0 Å². The zero-order chi connectivity index (χ0) is 18.7. The Balaban J connectivity index is 2.19. The number of para-hydroxylation sites is 1. The normalized spacial score (nSPS) is 12.3. The van der Waals surface area contributed by atoms with Gasteiger partial charge in [0.15, 0.2) is 5.82 Å². The molecular formula is C20H28N4O2. The van der Waals surface area contributed by atoms with Crippen LogP contribution in [0.1, 0.15) is 39.9 Å². The van der Waals surface area contributed by atoms with Gasteiger partial charge in [-0.1, -0.05) is 25.1 Å². The predicted molar refractivity (Wildman–Crippen MR) is 105 cm³/mol. The number of ether oxygens (including phenoxy) is 2. The van der Waals surface area contributed by atoms with E-state index in [1.807, 2.05) is 25.1 Å². The minimum absolute atomic E-state index is 0.330. The van der Waals surface area contributed by atoms with E-state index in [0.717, 1.165) is 40.8 Å². The highest BCUT2D eigenvalue weighted by atomic mass is 16.5. The molecule has 0 saturated carbocycles. The number of nitrogen functional groups attached to an aromatic ring is 1. The van der Waals surface area contributed by atoms with Crippen LogP contribution >= 0.6 is 0 Å². The van der Waals surface area contributed by atoms with Crippen molar-refractivity contribution in [3.63, 3.8) is 0 Å². The molecule has 6 nitrogen and oxygen atoms in total. The molecule has 0 spiro atoms. The summed E-state index contributed by atoms with van der Waals surface area (Å²) in [7, 11) is 0. The van der Waals surface area contributed by atoms with Crippen molar-refractivity contribution in [3.8, 4) is 0 Å². The molecule has 0 bridgehead atoms. The van der Waals surface area contributed by atoms with Crippen molar-refractivity contribution >= 4 is 27.8 Å². The largest absolute Gasteiger partial charge is 0.382 e. The first kappa shape index (κ1) is 18.6. The predicted octanol–water partition coefficient (Wildman–Crippen LogP) is 3.91. The standard InChI is InChI=1S/C20H28N4O2/c1-5-11-26-20(3,4)13-24-16(12-25-6-2)23-17-18(24)14-9-7-8-10-15(14)22-19(17)21/h7-10H,5-6,11-13H2,1-4H3,(H2,21,22). The molecule has 26 heavy (non-hydrogen) atoms. The topological polar surface area (TPSA) is 75.2 Å². The number of nitrogens with zero attached hydrogens (tertiary/aromatic N) is 3. The van der Waals surface area contributed by atoms with Crippen LogP contribution < -0.4 is 5.73 Å². The SMILES string of the molecule is CCCOC(C)(C)Cn1c(COCC)nc2c(N)nc3ccccc3c21. The van der Waals surface area contributed by atoms with Crippen LogP contribution in [0.4, 0.5) is 5.82 Å². The third-order valence-corrected chi connectivity index (χ3v) is 4.36. The van der Waals surface area contributed by atoms with Crippen molar-refractivity contribution in [1.82, 2.24) is 14.5 Å². The molecule has 0 amide bonds. The van der Waals surface area contributed by atoms with Gasteiger partial charge in [0.2, 0.25) is 0 Å². The molecule has 0 radical (unpaired) electrons. The summed E-state index contributed by atoms with van der Waals surface area (Å²) in [6.07, 6.45) is 0.986. The van der Waals surface area contributed by atoms with E-state index >= 15 is 0 Å². The van der Waals surface area contributed by atoms with E-state index in [0.29, 0.717) is 25.6 Å². The number of benzene rings is 1. The summed E-state index contributed by atoms with van der Waals surface area (Å²) in [6.45, 7) is 10.8. The lowest BCUT2D eigenvalue weighted by Crippen LogP contribution is -2.31. The second-order valence-corrected chi connectivity index (χ2v) is 7.07. The van der Waals surface area contributed by atoms with E-state index in [9.17, 15) is 0 Å². The Kier molecular flexibility index (Phi) is 5.44. The summed E-state index contributed by atoms with van der Waals surface area (Å²) >= 11 is 0. The Morgan fingerprint density at radius 3 is 2.65 bits per heavy atom. The number of nitrogens with two attached hydrogens (primary N) is 1. The second kappa shape index (κ2) is 7.60. The second-order valence-electron chi connectivity index (χ2n) is 7.07. The molecule has 1 aromatic carbocycles. The first-order valence-electron chi connectivity index (χ1n) is 9.22. The lowest BCUT2D eigenvalue weighted by Gasteiger charge is -2.27. The minimum Gasteiger partial charge on any atom is -0.382 e. The van der Waals surface area contributed by atoms with Gasteiger partial charge in [-0.25, -0.2) is 9.97 Å². The van der Waals surface area contributed by atoms with Gasteiger partial charge in [-0.3, -0.25) is 0 Å². The highest BCUT2D eigenvalue weighted by Crippen LogP contribution is 2.30. The molecule has 140 valence electrons. The molecule has 0 aliphatic heterocycles. The van der Waals surface area contributed by atoms with Gasteiger partial charge in [0.1, 0.15) is 17.9 Å². The fourth-order valence-corrected chi connectivity index (χ4v) is 3.18. The van der Waals surface area contributed by atoms with Gasteiger partial charge >= 0.3 is 0 Å². The number of hydrogen-bond donors (Lipinski definition) is 1. The number of imidazole rings is 1. The Labute approximate surface area is 154 Å². The van der Waals surface area contributed by atoms with Gasteiger partial charge < -0.3 is 19.8 Å². The van der Waals surface area contributed by atoms with Crippen LogP contribution in [0.3, 0.4) is 0 Å². The molecule has 2 N–H and O–H groups in total. The summed E-state index contributed by atoms with van der Waals surface area (Å²) < 4.78 is 13.9. The molecule has 0 atom stereocenters. The van der Waals surface area contributed by atoms with Crippen molar-refractivity contribution in [2.75, 3.05) is 18.9 Å². The van der Waals surface area contributed by atoms with E-state index in [2.05, 4.69) is 36.4 Å². The number of hydrogen-bond acceptors (Lipinski definition) is 5. The molecule has 6 heteroatoms. The summed E-state index contributed by atoms with van der Waals surface area (Å²) in [4.78, 5) is 9.27. The third-order valence-electron chi connectivity index (χ3n) is 4.36. The van der Waals surface area contributed by atoms with Crippen LogP contribution in [0.25, 0.3) is 21.9 Å². The Morgan fingerprint density at radius 2 is 1.92 bits per heavy atom. The molecule has 2 aromatic heterocycles. The number of anilines is 1. The average molecular weight is 356 g/mol. The van der Waals surface area contributed by atoms with Crippen LogP contribution in [-0.2, 0) is 22.6 Å². The fourth-order valence-electron chi connectivity index (χ4n) is 3.18. The number of rotatable bonds is 8. The molecule has 0 saturated heterocycles. The zero-order valence-corrected chi connectivity index (χ0v) is 16.1. The Bertz CT molecular complexity index is 902.